The zero-order chi connectivity index (χ0) is 17.4. The van der Waals surface area contributed by atoms with Gasteiger partial charge in [0.05, 0.1) is 16.6 Å². The van der Waals surface area contributed by atoms with E-state index in [1.54, 1.807) is 17.2 Å². The molecule has 126 valence electrons. The summed E-state index contributed by atoms with van der Waals surface area (Å²) in [5.41, 5.74) is 0.432. The molecule has 0 atom stereocenters. The van der Waals surface area contributed by atoms with Crippen LogP contribution in [0.4, 0.5) is 0 Å². The second-order valence-electron chi connectivity index (χ2n) is 7.50. The quantitative estimate of drug-likeness (QED) is 0.922. The molecule has 1 saturated heterocycles. The molecular formula is C18H25NO4. The van der Waals surface area contributed by atoms with Crippen molar-refractivity contribution < 1.29 is 19.5 Å². The van der Waals surface area contributed by atoms with Crippen LogP contribution in [0.25, 0.3) is 0 Å². The van der Waals surface area contributed by atoms with Gasteiger partial charge in [-0.2, -0.15) is 0 Å². The molecule has 1 fully saturated rings. The Morgan fingerprint density at radius 2 is 1.65 bits per heavy atom. The van der Waals surface area contributed by atoms with E-state index in [1.807, 2.05) is 39.8 Å². The summed E-state index contributed by atoms with van der Waals surface area (Å²) >= 11 is 0. The van der Waals surface area contributed by atoms with Gasteiger partial charge in [-0.25, -0.2) is 4.79 Å². The van der Waals surface area contributed by atoms with Crippen LogP contribution in [0.5, 0.6) is 0 Å². The third kappa shape index (κ3) is 3.55. The van der Waals surface area contributed by atoms with Crippen LogP contribution in [0, 0.1) is 0 Å². The highest BCUT2D eigenvalue weighted by atomic mass is 16.7. The molecule has 0 aromatic heterocycles. The van der Waals surface area contributed by atoms with Crippen LogP contribution < -0.4 is 0 Å². The van der Waals surface area contributed by atoms with Crippen LogP contribution in [-0.4, -0.2) is 33.2 Å². The fraction of sp³-hybridized carbons (Fsp3) is 0.556. The van der Waals surface area contributed by atoms with Gasteiger partial charge in [-0.15, -0.1) is 5.06 Å². The van der Waals surface area contributed by atoms with E-state index in [2.05, 4.69) is 0 Å². The lowest BCUT2D eigenvalue weighted by Gasteiger charge is -2.53. The van der Waals surface area contributed by atoms with Crippen molar-refractivity contribution in [1.82, 2.24) is 5.06 Å². The topological polar surface area (TPSA) is 66.8 Å². The Morgan fingerprint density at radius 1 is 1.13 bits per heavy atom. The van der Waals surface area contributed by atoms with Gasteiger partial charge in [-0.3, -0.25) is 4.79 Å². The van der Waals surface area contributed by atoms with E-state index in [0.717, 1.165) is 5.56 Å². The Kier molecular flexibility index (Phi) is 4.53. The lowest BCUT2D eigenvalue weighted by Crippen LogP contribution is -2.60. The standard InChI is InChI=1S/C18H25NO4/c1-12(20)23-19-17(2,3)10-13(11-18(19,4)5)14-8-6-7-9-15(14)16(21)22/h6-9,13H,10-11H2,1-5H3,(H,21,22). The van der Waals surface area contributed by atoms with Crippen molar-refractivity contribution in [3.8, 4) is 0 Å². The number of nitrogens with zero attached hydrogens (tertiary/aromatic N) is 1. The van der Waals surface area contributed by atoms with E-state index >= 15 is 0 Å². The van der Waals surface area contributed by atoms with Crippen molar-refractivity contribution in [2.24, 2.45) is 0 Å². The van der Waals surface area contributed by atoms with E-state index in [0.29, 0.717) is 18.4 Å². The maximum absolute atomic E-state index is 11.5. The lowest BCUT2D eigenvalue weighted by molar-refractivity contribution is -0.266. The Balaban J connectivity index is 2.39. The highest BCUT2D eigenvalue weighted by Crippen LogP contribution is 2.46. The number of rotatable bonds is 3. The van der Waals surface area contributed by atoms with Crippen LogP contribution in [0.1, 0.15) is 69.3 Å². The van der Waals surface area contributed by atoms with Crippen molar-refractivity contribution in [3.05, 3.63) is 35.4 Å². The van der Waals surface area contributed by atoms with Crippen LogP contribution in [0.3, 0.4) is 0 Å². The average molecular weight is 319 g/mol. The molecule has 1 aliphatic rings. The predicted molar refractivity (Wildman–Crippen MR) is 87.1 cm³/mol. The predicted octanol–water partition coefficient (Wildman–Crippen LogP) is 3.60. The third-order valence-corrected chi connectivity index (χ3v) is 4.44. The molecule has 5 heteroatoms. The van der Waals surface area contributed by atoms with Gasteiger partial charge >= 0.3 is 11.9 Å². The van der Waals surface area contributed by atoms with Gasteiger partial charge in [0.1, 0.15) is 0 Å². The summed E-state index contributed by atoms with van der Waals surface area (Å²) in [6.45, 7) is 9.49. The molecule has 1 aliphatic heterocycles. The monoisotopic (exact) mass is 319 g/mol. The summed E-state index contributed by atoms with van der Waals surface area (Å²) in [6.07, 6.45) is 1.43. The minimum atomic E-state index is -0.904. The number of hydrogen-bond acceptors (Lipinski definition) is 4. The maximum atomic E-state index is 11.5. The van der Waals surface area contributed by atoms with Crippen LogP contribution in [0.15, 0.2) is 24.3 Å². The van der Waals surface area contributed by atoms with E-state index < -0.39 is 5.97 Å². The molecule has 0 spiro atoms. The first kappa shape index (κ1) is 17.5. The van der Waals surface area contributed by atoms with Crippen molar-refractivity contribution in [3.63, 3.8) is 0 Å². The molecular weight excluding hydrogens is 294 g/mol. The van der Waals surface area contributed by atoms with Crippen LogP contribution in [0.2, 0.25) is 0 Å². The number of benzene rings is 1. The number of carboxylic acids is 1. The highest BCUT2D eigenvalue weighted by molar-refractivity contribution is 5.89. The highest BCUT2D eigenvalue weighted by Gasteiger charge is 2.48. The molecule has 0 bridgehead atoms. The minimum Gasteiger partial charge on any atom is -0.478 e. The molecule has 0 saturated carbocycles. The number of carbonyl (C=O) groups is 2. The molecule has 1 heterocycles. The SMILES string of the molecule is CC(=O)ON1C(C)(C)CC(c2ccccc2C(=O)O)CC1(C)C. The van der Waals surface area contributed by atoms with E-state index in [9.17, 15) is 14.7 Å². The maximum Gasteiger partial charge on any atom is 0.335 e. The second kappa shape index (κ2) is 5.96. The lowest BCUT2D eigenvalue weighted by atomic mass is 9.72. The molecule has 5 nitrogen and oxygen atoms in total. The fourth-order valence-corrected chi connectivity index (χ4v) is 3.91. The largest absolute Gasteiger partial charge is 0.478 e. The van der Waals surface area contributed by atoms with Crippen molar-refractivity contribution >= 4 is 11.9 Å². The third-order valence-electron chi connectivity index (χ3n) is 4.44. The van der Waals surface area contributed by atoms with Gasteiger partial charge in [0, 0.05) is 6.92 Å². The van der Waals surface area contributed by atoms with Crippen molar-refractivity contribution in [2.45, 2.75) is 64.5 Å². The number of carbonyl (C=O) groups excluding carboxylic acids is 1. The van der Waals surface area contributed by atoms with E-state index in [-0.39, 0.29) is 23.0 Å². The van der Waals surface area contributed by atoms with E-state index in [1.165, 1.54) is 6.92 Å². The minimum absolute atomic E-state index is 0.0964. The van der Waals surface area contributed by atoms with Gasteiger partial charge in [-0.05, 0) is 58.1 Å². The van der Waals surface area contributed by atoms with Crippen molar-refractivity contribution in [2.75, 3.05) is 0 Å². The van der Waals surface area contributed by atoms with Gasteiger partial charge in [0.2, 0.25) is 0 Å². The first-order valence-corrected chi connectivity index (χ1v) is 7.86. The first-order chi connectivity index (χ1) is 10.5. The Bertz CT molecular complexity index is 603. The number of hydrogen-bond donors (Lipinski definition) is 1. The van der Waals surface area contributed by atoms with Crippen LogP contribution >= 0.6 is 0 Å². The average Bonchev–Trinajstić information content (AvgIpc) is 2.42. The summed E-state index contributed by atoms with van der Waals surface area (Å²) < 4.78 is 0. The second-order valence-corrected chi connectivity index (χ2v) is 7.50. The van der Waals surface area contributed by atoms with Gasteiger partial charge in [-0.1, -0.05) is 18.2 Å². The smallest absolute Gasteiger partial charge is 0.335 e. The van der Waals surface area contributed by atoms with E-state index in [4.69, 9.17) is 4.84 Å². The van der Waals surface area contributed by atoms with Gasteiger partial charge < -0.3 is 9.94 Å². The molecule has 2 rings (SSSR count). The summed E-state index contributed by atoms with van der Waals surface area (Å²) in [6, 6.07) is 7.16. The molecule has 1 aromatic carbocycles. The summed E-state index contributed by atoms with van der Waals surface area (Å²) in [5.74, 6) is -1.15. The van der Waals surface area contributed by atoms with Crippen LogP contribution in [-0.2, 0) is 9.63 Å². The normalized spacial score (nSPS) is 20.9. The van der Waals surface area contributed by atoms with Gasteiger partial charge in [0.15, 0.2) is 0 Å². The summed E-state index contributed by atoms with van der Waals surface area (Å²) in [4.78, 5) is 28.4. The molecule has 23 heavy (non-hydrogen) atoms. The fourth-order valence-electron chi connectivity index (χ4n) is 3.91. The zero-order valence-electron chi connectivity index (χ0n) is 14.4. The molecule has 0 unspecified atom stereocenters. The Labute approximate surface area is 137 Å². The summed E-state index contributed by atoms with van der Waals surface area (Å²) in [7, 11) is 0. The van der Waals surface area contributed by atoms with Gasteiger partial charge in [0.25, 0.3) is 0 Å². The Hall–Kier alpha value is -1.88. The molecule has 0 amide bonds. The number of hydroxylamine groups is 2. The zero-order valence-corrected chi connectivity index (χ0v) is 14.4. The Morgan fingerprint density at radius 3 is 2.13 bits per heavy atom. The van der Waals surface area contributed by atoms with Crippen molar-refractivity contribution in [1.29, 1.82) is 0 Å². The summed E-state index contributed by atoms with van der Waals surface area (Å²) in [5, 5.41) is 11.2. The number of aromatic carboxylic acids is 1. The molecule has 0 aliphatic carbocycles. The molecule has 0 radical (unpaired) electrons. The molecule has 1 aromatic rings. The molecule has 1 N–H and O–H groups in total. The number of piperidine rings is 1. The first-order valence-electron chi connectivity index (χ1n) is 7.86. The number of carboxylic acid groups (broad SMARTS) is 1.